The Morgan fingerprint density at radius 3 is 2.64 bits per heavy atom. The van der Waals surface area contributed by atoms with Gasteiger partial charge in [-0.05, 0) is 5.56 Å². The predicted octanol–water partition coefficient (Wildman–Crippen LogP) is 2.87. The molecule has 1 aromatic carbocycles. The third kappa shape index (κ3) is 3.05. The number of esters is 1. The third-order valence-electron chi connectivity index (χ3n) is 1.86. The molecule has 2 nitrogen and oxygen atoms in total. The number of ether oxygens (including phenoxy) is 1. The van der Waals surface area contributed by atoms with Crippen LogP contribution in [-0.4, -0.2) is 5.97 Å². The lowest BCUT2D eigenvalue weighted by atomic mass is 10.1. The fraction of sp³-hybridized carbons (Fsp3) is 0.250. The minimum atomic E-state index is -0.263. The second kappa shape index (κ2) is 5.22. The zero-order valence-corrected chi connectivity index (χ0v) is 8.27. The molecule has 0 fully saturated rings. The van der Waals surface area contributed by atoms with Gasteiger partial charge in [0.1, 0.15) is 6.10 Å². The Balaban J connectivity index is 2.77. The van der Waals surface area contributed by atoms with Gasteiger partial charge in [-0.2, -0.15) is 0 Å². The van der Waals surface area contributed by atoms with Gasteiger partial charge in [-0.25, -0.2) is 0 Å². The van der Waals surface area contributed by atoms with E-state index in [4.69, 9.17) is 4.74 Å². The molecule has 14 heavy (non-hydrogen) atoms. The number of carbonyl (C=O) groups is 1. The van der Waals surface area contributed by atoms with Gasteiger partial charge in [0, 0.05) is 13.3 Å². The van der Waals surface area contributed by atoms with E-state index < -0.39 is 0 Å². The lowest BCUT2D eigenvalue weighted by molar-refractivity contribution is -0.146. The smallest absolute Gasteiger partial charge is 0.303 e. The minimum Gasteiger partial charge on any atom is -0.457 e. The van der Waals surface area contributed by atoms with E-state index in [1.807, 2.05) is 30.3 Å². The monoisotopic (exact) mass is 190 g/mol. The summed E-state index contributed by atoms with van der Waals surface area (Å²) in [6.45, 7) is 5.06. The van der Waals surface area contributed by atoms with Crippen molar-refractivity contribution in [2.24, 2.45) is 0 Å². The van der Waals surface area contributed by atoms with Crippen LogP contribution in [-0.2, 0) is 9.53 Å². The van der Waals surface area contributed by atoms with E-state index in [1.54, 1.807) is 6.08 Å². The number of carbonyl (C=O) groups excluding carboxylic acids is 1. The standard InChI is InChI=1S/C12H14O2/c1-3-7-12(14-10(2)13)11-8-5-4-6-9-11/h3-6,8-9,12H,1,7H2,2H3/t12-/m1/s1. The Bertz CT molecular complexity index is 303. The SMILES string of the molecule is C=CC[C@@H](OC(C)=O)c1ccccc1. The molecule has 1 aromatic rings. The molecule has 1 rings (SSSR count). The van der Waals surface area contributed by atoms with E-state index in [-0.39, 0.29) is 12.1 Å². The van der Waals surface area contributed by atoms with Gasteiger partial charge in [0.25, 0.3) is 0 Å². The summed E-state index contributed by atoms with van der Waals surface area (Å²) in [5, 5.41) is 0. The number of rotatable bonds is 4. The van der Waals surface area contributed by atoms with Gasteiger partial charge in [0.2, 0.25) is 0 Å². The van der Waals surface area contributed by atoms with Crippen LogP contribution in [0.25, 0.3) is 0 Å². The summed E-state index contributed by atoms with van der Waals surface area (Å²) in [7, 11) is 0. The predicted molar refractivity (Wildman–Crippen MR) is 55.8 cm³/mol. The molecular weight excluding hydrogens is 176 g/mol. The fourth-order valence-electron chi connectivity index (χ4n) is 1.27. The summed E-state index contributed by atoms with van der Waals surface area (Å²) < 4.78 is 5.17. The lowest BCUT2D eigenvalue weighted by Gasteiger charge is -2.15. The molecule has 0 saturated heterocycles. The molecule has 0 heterocycles. The van der Waals surface area contributed by atoms with Gasteiger partial charge in [-0.15, -0.1) is 6.58 Å². The van der Waals surface area contributed by atoms with Crippen LogP contribution in [0.15, 0.2) is 43.0 Å². The molecule has 0 aliphatic rings. The highest BCUT2D eigenvalue weighted by molar-refractivity contribution is 5.66. The zero-order valence-electron chi connectivity index (χ0n) is 8.27. The van der Waals surface area contributed by atoms with Crippen molar-refractivity contribution in [3.63, 3.8) is 0 Å². The second-order valence-electron chi connectivity index (χ2n) is 3.03. The first kappa shape index (κ1) is 10.5. The van der Waals surface area contributed by atoms with Gasteiger partial charge < -0.3 is 4.74 Å². The molecule has 0 spiro atoms. The van der Waals surface area contributed by atoms with Crippen molar-refractivity contribution in [2.45, 2.75) is 19.4 Å². The average Bonchev–Trinajstić information content (AvgIpc) is 2.18. The van der Waals surface area contributed by atoms with E-state index in [0.29, 0.717) is 6.42 Å². The molecule has 1 atom stereocenters. The highest BCUT2D eigenvalue weighted by Gasteiger charge is 2.11. The molecule has 0 aromatic heterocycles. The topological polar surface area (TPSA) is 26.3 Å². The van der Waals surface area contributed by atoms with Gasteiger partial charge in [-0.1, -0.05) is 36.4 Å². The van der Waals surface area contributed by atoms with Crippen molar-refractivity contribution in [3.05, 3.63) is 48.6 Å². The first-order chi connectivity index (χ1) is 6.74. The quantitative estimate of drug-likeness (QED) is 0.539. The summed E-state index contributed by atoms with van der Waals surface area (Å²) in [5.74, 6) is -0.263. The minimum absolute atomic E-state index is 0.203. The van der Waals surface area contributed by atoms with Crippen LogP contribution in [0.2, 0.25) is 0 Å². The van der Waals surface area contributed by atoms with E-state index in [0.717, 1.165) is 5.56 Å². The third-order valence-corrected chi connectivity index (χ3v) is 1.86. The van der Waals surface area contributed by atoms with E-state index in [1.165, 1.54) is 6.92 Å². The normalized spacial score (nSPS) is 11.8. The Morgan fingerprint density at radius 2 is 2.14 bits per heavy atom. The van der Waals surface area contributed by atoms with E-state index in [9.17, 15) is 4.79 Å². The average molecular weight is 190 g/mol. The molecule has 0 saturated carbocycles. The van der Waals surface area contributed by atoms with Gasteiger partial charge in [0.05, 0.1) is 0 Å². The van der Waals surface area contributed by atoms with Crippen LogP contribution < -0.4 is 0 Å². The molecular formula is C12H14O2. The molecule has 0 unspecified atom stereocenters. The van der Waals surface area contributed by atoms with Crippen LogP contribution in [0.3, 0.4) is 0 Å². The maximum atomic E-state index is 10.8. The van der Waals surface area contributed by atoms with Crippen molar-refractivity contribution in [1.29, 1.82) is 0 Å². The zero-order chi connectivity index (χ0) is 10.4. The molecule has 0 bridgehead atoms. The first-order valence-corrected chi connectivity index (χ1v) is 4.57. The summed E-state index contributed by atoms with van der Waals surface area (Å²) in [4.78, 5) is 10.8. The Kier molecular flexibility index (Phi) is 3.92. The molecule has 0 N–H and O–H groups in total. The number of hydrogen-bond donors (Lipinski definition) is 0. The van der Waals surface area contributed by atoms with Gasteiger partial charge in [0.15, 0.2) is 0 Å². The van der Waals surface area contributed by atoms with Crippen molar-refractivity contribution >= 4 is 5.97 Å². The molecule has 0 radical (unpaired) electrons. The molecule has 0 aliphatic heterocycles. The van der Waals surface area contributed by atoms with Crippen molar-refractivity contribution < 1.29 is 9.53 Å². The van der Waals surface area contributed by atoms with Crippen LogP contribution in [0.1, 0.15) is 25.0 Å². The van der Waals surface area contributed by atoms with Crippen LogP contribution in [0.5, 0.6) is 0 Å². The van der Waals surface area contributed by atoms with Crippen molar-refractivity contribution in [3.8, 4) is 0 Å². The van der Waals surface area contributed by atoms with Gasteiger partial charge in [-0.3, -0.25) is 4.79 Å². The number of benzene rings is 1. The lowest BCUT2D eigenvalue weighted by Crippen LogP contribution is -2.07. The Morgan fingerprint density at radius 1 is 1.50 bits per heavy atom. The van der Waals surface area contributed by atoms with E-state index in [2.05, 4.69) is 6.58 Å². The number of hydrogen-bond acceptors (Lipinski definition) is 2. The molecule has 74 valence electrons. The summed E-state index contributed by atoms with van der Waals surface area (Å²) in [6.07, 6.45) is 2.19. The second-order valence-corrected chi connectivity index (χ2v) is 3.03. The maximum Gasteiger partial charge on any atom is 0.303 e. The summed E-state index contributed by atoms with van der Waals surface area (Å²) in [6, 6.07) is 9.67. The Hall–Kier alpha value is -1.57. The summed E-state index contributed by atoms with van der Waals surface area (Å²) >= 11 is 0. The van der Waals surface area contributed by atoms with Crippen molar-refractivity contribution in [2.75, 3.05) is 0 Å². The fourth-order valence-corrected chi connectivity index (χ4v) is 1.27. The summed E-state index contributed by atoms with van der Waals surface area (Å²) in [5.41, 5.74) is 1.00. The van der Waals surface area contributed by atoms with Crippen LogP contribution in [0.4, 0.5) is 0 Å². The maximum absolute atomic E-state index is 10.8. The molecule has 2 heteroatoms. The highest BCUT2D eigenvalue weighted by Crippen LogP contribution is 2.21. The van der Waals surface area contributed by atoms with Crippen LogP contribution in [0, 0.1) is 0 Å². The Labute approximate surface area is 84.2 Å². The van der Waals surface area contributed by atoms with Crippen LogP contribution >= 0.6 is 0 Å². The molecule has 0 aliphatic carbocycles. The highest BCUT2D eigenvalue weighted by atomic mass is 16.5. The largest absolute Gasteiger partial charge is 0.457 e. The van der Waals surface area contributed by atoms with E-state index >= 15 is 0 Å². The van der Waals surface area contributed by atoms with Crippen molar-refractivity contribution in [1.82, 2.24) is 0 Å². The van der Waals surface area contributed by atoms with Gasteiger partial charge >= 0.3 is 5.97 Å². The first-order valence-electron chi connectivity index (χ1n) is 4.57. The molecule has 0 amide bonds.